The number of ether oxygens (including phenoxy) is 1. The summed E-state index contributed by atoms with van der Waals surface area (Å²) in [6.07, 6.45) is 3.79. The van der Waals surface area contributed by atoms with E-state index in [-0.39, 0.29) is 16.9 Å². The van der Waals surface area contributed by atoms with Crippen molar-refractivity contribution in [3.63, 3.8) is 0 Å². The van der Waals surface area contributed by atoms with Gasteiger partial charge in [0.15, 0.2) is 0 Å². The molecule has 0 spiro atoms. The molecule has 3 heteroatoms. The minimum absolute atomic E-state index is 0.132. The Kier molecular flexibility index (Phi) is 6.52. The molecule has 1 atom stereocenters. The van der Waals surface area contributed by atoms with Crippen LogP contribution in [0, 0.1) is 0 Å². The number of hydrogen-bond acceptors (Lipinski definition) is 3. The number of piperidine rings is 1. The van der Waals surface area contributed by atoms with Crippen LogP contribution in [0.1, 0.15) is 89.1 Å². The van der Waals surface area contributed by atoms with E-state index >= 15 is 0 Å². The molecule has 1 saturated heterocycles. The van der Waals surface area contributed by atoms with Gasteiger partial charge in [-0.3, -0.25) is 4.90 Å². The van der Waals surface area contributed by atoms with Crippen molar-refractivity contribution in [1.82, 2.24) is 4.90 Å². The van der Waals surface area contributed by atoms with Crippen molar-refractivity contribution in [2.75, 3.05) is 20.2 Å². The van der Waals surface area contributed by atoms with E-state index < -0.39 is 0 Å². The fourth-order valence-electron chi connectivity index (χ4n) is 4.53. The van der Waals surface area contributed by atoms with E-state index in [1.165, 1.54) is 30.4 Å². The van der Waals surface area contributed by atoms with Gasteiger partial charge >= 0.3 is 0 Å². The maximum absolute atomic E-state index is 11.2. The van der Waals surface area contributed by atoms with Crippen molar-refractivity contribution >= 4 is 0 Å². The smallest absolute Gasteiger partial charge is 0.123 e. The number of phenols is 1. The van der Waals surface area contributed by atoms with E-state index in [4.69, 9.17) is 4.74 Å². The summed E-state index contributed by atoms with van der Waals surface area (Å²) in [5, 5.41) is 11.2. The Bertz CT molecular complexity index is 815. The van der Waals surface area contributed by atoms with Crippen LogP contribution in [-0.2, 0) is 10.8 Å². The highest BCUT2D eigenvalue weighted by molar-refractivity contribution is 5.52. The molecule has 0 saturated carbocycles. The van der Waals surface area contributed by atoms with Gasteiger partial charge < -0.3 is 9.84 Å². The Morgan fingerprint density at radius 1 is 0.800 bits per heavy atom. The predicted octanol–water partition coefficient (Wildman–Crippen LogP) is 6.57. The largest absolute Gasteiger partial charge is 0.507 e. The predicted molar refractivity (Wildman–Crippen MR) is 126 cm³/mol. The van der Waals surface area contributed by atoms with Gasteiger partial charge in [-0.05, 0) is 83.3 Å². The van der Waals surface area contributed by atoms with Crippen molar-refractivity contribution < 1.29 is 9.84 Å². The molecule has 0 amide bonds. The van der Waals surface area contributed by atoms with Crippen LogP contribution in [-0.4, -0.2) is 30.2 Å². The Morgan fingerprint density at radius 2 is 1.30 bits per heavy atom. The minimum Gasteiger partial charge on any atom is -0.507 e. The van der Waals surface area contributed by atoms with Crippen molar-refractivity contribution in [2.45, 2.75) is 77.7 Å². The monoisotopic (exact) mass is 409 g/mol. The molecule has 0 aromatic heterocycles. The van der Waals surface area contributed by atoms with E-state index in [0.29, 0.717) is 5.75 Å². The Labute approximate surface area is 183 Å². The molecule has 3 nitrogen and oxygen atoms in total. The van der Waals surface area contributed by atoms with Gasteiger partial charge in [0.2, 0.25) is 0 Å². The summed E-state index contributed by atoms with van der Waals surface area (Å²) in [7, 11) is 1.71. The lowest BCUT2D eigenvalue weighted by molar-refractivity contribution is 0.187. The second-order valence-corrected chi connectivity index (χ2v) is 10.7. The van der Waals surface area contributed by atoms with E-state index in [0.717, 1.165) is 30.0 Å². The molecular weight excluding hydrogens is 370 g/mol. The Balaban J connectivity index is 2.21. The fraction of sp³-hybridized carbons (Fsp3) is 0.556. The van der Waals surface area contributed by atoms with Crippen LogP contribution in [0.4, 0.5) is 0 Å². The average Bonchev–Trinajstić information content (AvgIpc) is 2.69. The summed E-state index contributed by atoms with van der Waals surface area (Å²) >= 11 is 0. The van der Waals surface area contributed by atoms with E-state index in [1.54, 1.807) is 7.11 Å². The lowest BCUT2D eigenvalue weighted by Gasteiger charge is -2.37. The first kappa shape index (κ1) is 22.7. The number of likely N-dealkylation sites (tertiary alicyclic amines) is 1. The topological polar surface area (TPSA) is 32.7 Å². The van der Waals surface area contributed by atoms with E-state index in [9.17, 15) is 5.11 Å². The molecule has 0 radical (unpaired) electrons. The molecular formula is C27H39NO2. The minimum atomic E-state index is -0.132. The van der Waals surface area contributed by atoms with Crippen LogP contribution >= 0.6 is 0 Å². The number of hydrogen-bond donors (Lipinski definition) is 1. The second-order valence-electron chi connectivity index (χ2n) is 10.7. The lowest BCUT2D eigenvalue weighted by Crippen LogP contribution is -2.34. The average molecular weight is 410 g/mol. The number of methoxy groups -OCH3 is 1. The molecule has 164 valence electrons. The second kappa shape index (κ2) is 8.63. The van der Waals surface area contributed by atoms with Crippen molar-refractivity contribution in [3.8, 4) is 11.5 Å². The number of benzene rings is 2. The highest BCUT2D eigenvalue weighted by Gasteiger charge is 2.31. The van der Waals surface area contributed by atoms with Crippen LogP contribution in [0.25, 0.3) is 0 Å². The number of phenolic OH excluding ortho intramolecular Hbond substituents is 1. The zero-order valence-corrected chi connectivity index (χ0v) is 19.9. The van der Waals surface area contributed by atoms with Gasteiger partial charge in [0, 0.05) is 0 Å². The molecule has 0 aliphatic carbocycles. The standard InChI is InChI=1S/C27H39NO2/c1-26(2,3)22-17-20(18-23(25(22)29)27(4,5)6)24(28-15-9-8-10-16-28)19-11-13-21(30-7)14-12-19/h11-14,17-18,24,29H,8-10,15-16H2,1-7H3/t24-/m0/s1. The molecule has 0 unspecified atom stereocenters. The highest BCUT2D eigenvalue weighted by atomic mass is 16.5. The highest BCUT2D eigenvalue weighted by Crippen LogP contribution is 2.43. The van der Waals surface area contributed by atoms with E-state index in [2.05, 4.69) is 82.8 Å². The van der Waals surface area contributed by atoms with Gasteiger partial charge in [-0.15, -0.1) is 0 Å². The maximum atomic E-state index is 11.2. The molecule has 2 aromatic carbocycles. The van der Waals surface area contributed by atoms with E-state index in [1.807, 2.05) is 0 Å². The summed E-state index contributed by atoms with van der Waals surface area (Å²) in [5.41, 5.74) is 4.34. The molecule has 1 aliphatic rings. The summed E-state index contributed by atoms with van der Waals surface area (Å²) in [4.78, 5) is 2.61. The van der Waals surface area contributed by atoms with Crippen LogP contribution in [0.2, 0.25) is 0 Å². The Morgan fingerprint density at radius 3 is 1.73 bits per heavy atom. The number of aromatic hydroxyl groups is 1. The van der Waals surface area contributed by atoms with Crippen molar-refractivity contribution in [3.05, 3.63) is 58.7 Å². The third-order valence-corrected chi connectivity index (χ3v) is 6.25. The lowest BCUT2D eigenvalue weighted by atomic mass is 9.77. The van der Waals surface area contributed by atoms with Crippen LogP contribution < -0.4 is 4.74 Å². The quantitative estimate of drug-likeness (QED) is 0.620. The molecule has 1 heterocycles. The number of nitrogens with zero attached hydrogens (tertiary/aromatic N) is 1. The van der Waals surface area contributed by atoms with Crippen molar-refractivity contribution in [2.24, 2.45) is 0 Å². The molecule has 1 aliphatic heterocycles. The molecule has 1 fully saturated rings. The SMILES string of the molecule is COc1ccc([C@@H](c2cc(C(C)(C)C)c(O)c(C(C)(C)C)c2)N2CCCCC2)cc1. The van der Waals surface area contributed by atoms with Crippen molar-refractivity contribution in [1.29, 1.82) is 0 Å². The fourth-order valence-corrected chi connectivity index (χ4v) is 4.53. The van der Waals surface area contributed by atoms with Crippen LogP contribution in [0.5, 0.6) is 11.5 Å². The third-order valence-electron chi connectivity index (χ3n) is 6.25. The molecule has 30 heavy (non-hydrogen) atoms. The Hall–Kier alpha value is -2.00. The molecule has 2 aromatic rings. The number of rotatable bonds is 4. The molecule has 0 bridgehead atoms. The first-order chi connectivity index (χ1) is 14.0. The maximum Gasteiger partial charge on any atom is 0.123 e. The first-order valence-electron chi connectivity index (χ1n) is 11.3. The summed E-state index contributed by atoms with van der Waals surface area (Å²) in [6, 6.07) is 13.2. The van der Waals surface area contributed by atoms with Gasteiger partial charge in [0.25, 0.3) is 0 Å². The van der Waals surface area contributed by atoms with Gasteiger partial charge in [-0.1, -0.05) is 60.1 Å². The third kappa shape index (κ3) is 4.83. The zero-order chi connectivity index (χ0) is 22.1. The normalized spacial score (nSPS) is 17.0. The molecule has 3 rings (SSSR count). The van der Waals surface area contributed by atoms with Gasteiger partial charge in [-0.25, -0.2) is 0 Å². The van der Waals surface area contributed by atoms with Gasteiger partial charge in [0.05, 0.1) is 13.2 Å². The summed E-state index contributed by atoms with van der Waals surface area (Å²) in [5.74, 6) is 1.33. The molecule has 1 N–H and O–H groups in total. The summed E-state index contributed by atoms with van der Waals surface area (Å²) in [6.45, 7) is 15.3. The van der Waals surface area contributed by atoms with Gasteiger partial charge in [-0.2, -0.15) is 0 Å². The first-order valence-corrected chi connectivity index (χ1v) is 11.3. The summed E-state index contributed by atoms with van der Waals surface area (Å²) < 4.78 is 5.40. The van der Waals surface area contributed by atoms with Crippen LogP contribution in [0.15, 0.2) is 36.4 Å². The van der Waals surface area contributed by atoms with Gasteiger partial charge in [0.1, 0.15) is 11.5 Å². The van der Waals surface area contributed by atoms with Crippen LogP contribution in [0.3, 0.4) is 0 Å². The zero-order valence-electron chi connectivity index (χ0n) is 19.9.